The van der Waals surface area contributed by atoms with Gasteiger partial charge in [0.15, 0.2) is 0 Å². The summed E-state index contributed by atoms with van der Waals surface area (Å²) in [6.07, 6.45) is 8.98. The van der Waals surface area contributed by atoms with Gasteiger partial charge in [0, 0.05) is 6.54 Å². The maximum absolute atomic E-state index is 12.6. The Labute approximate surface area is 191 Å². The minimum atomic E-state index is -0.173. The van der Waals surface area contributed by atoms with E-state index in [1.54, 1.807) is 24.3 Å². The summed E-state index contributed by atoms with van der Waals surface area (Å²) in [5.74, 6) is -0.0961. The zero-order chi connectivity index (χ0) is 22.9. The van der Waals surface area contributed by atoms with E-state index in [4.69, 9.17) is 0 Å². The molecule has 1 unspecified atom stereocenters. The Hall–Kier alpha value is -2.94. The van der Waals surface area contributed by atoms with Crippen LogP contribution in [0.5, 0.6) is 0 Å². The smallest absolute Gasteiger partial charge is 0.261 e. The standard InChI is InChI=1S/C29H33NO2/c1-20(16-18-30-27(31)24-12-5-6-13-25(24)28(30)32)23-11-7-10-22(19-23)14-15-26-21(2)9-8-17-29(26,3)4/h5-7,10-15,19-20H,8-9,16-18H2,1-4H3. The minimum absolute atomic E-state index is 0.173. The van der Waals surface area contributed by atoms with Crippen LogP contribution in [0, 0.1) is 5.41 Å². The van der Waals surface area contributed by atoms with Crippen molar-refractivity contribution >= 4 is 17.9 Å². The second-order valence-electron chi connectivity index (χ2n) is 9.93. The first-order valence-corrected chi connectivity index (χ1v) is 11.7. The van der Waals surface area contributed by atoms with Crippen LogP contribution >= 0.6 is 0 Å². The molecule has 32 heavy (non-hydrogen) atoms. The van der Waals surface area contributed by atoms with Gasteiger partial charge in [-0.15, -0.1) is 0 Å². The molecule has 1 atom stereocenters. The van der Waals surface area contributed by atoms with Crippen LogP contribution in [0.2, 0.25) is 0 Å². The van der Waals surface area contributed by atoms with Crippen molar-refractivity contribution in [2.75, 3.05) is 6.54 Å². The number of hydrogen-bond acceptors (Lipinski definition) is 2. The van der Waals surface area contributed by atoms with Crippen LogP contribution < -0.4 is 0 Å². The largest absolute Gasteiger partial charge is 0.274 e. The molecular weight excluding hydrogens is 394 g/mol. The number of amides is 2. The normalized spacial score (nSPS) is 19.1. The summed E-state index contributed by atoms with van der Waals surface area (Å²) in [4.78, 5) is 26.6. The van der Waals surface area contributed by atoms with Crippen LogP contribution in [0.3, 0.4) is 0 Å². The van der Waals surface area contributed by atoms with Gasteiger partial charge < -0.3 is 0 Å². The van der Waals surface area contributed by atoms with Gasteiger partial charge in [-0.3, -0.25) is 14.5 Å². The Morgan fingerprint density at radius 2 is 1.69 bits per heavy atom. The van der Waals surface area contributed by atoms with Crippen LogP contribution in [0.4, 0.5) is 0 Å². The molecule has 0 saturated heterocycles. The number of carbonyl (C=O) groups is 2. The number of nitrogens with zero attached hydrogens (tertiary/aromatic N) is 1. The van der Waals surface area contributed by atoms with Crippen molar-refractivity contribution < 1.29 is 9.59 Å². The third kappa shape index (κ3) is 4.34. The maximum Gasteiger partial charge on any atom is 0.261 e. The molecule has 0 saturated carbocycles. The van der Waals surface area contributed by atoms with E-state index in [2.05, 4.69) is 64.1 Å². The summed E-state index contributed by atoms with van der Waals surface area (Å²) >= 11 is 0. The van der Waals surface area contributed by atoms with E-state index in [1.807, 2.05) is 0 Å². The molecule has 0 radical (unpaired) electrons. The highest BCUT2D eigenvalue weighted by atomic mass is 16.2. The van der Waals surface area contributed by atoms with E-state index < -0.39 is 0 Å². The first-order valence-electron chi connectivity index (χ1n) is 11.7. The van der Waals surface area contributed by atoms with Gasteiger partial charge in [-0.2, -0.15) is 0 Å². The predicted octanol–water partition coefficient (Wildman–Crippen LogP) is 7.02. The van der Waals surface area contributed by atoms with E-state index in [1.165, 1.54) is 46.4 Å². The lowest BCUT2D eigenvalue weighted by molar-refractivity contribution is 0.0650. The van der Waals surface area contributed by atoms with Crippen molar-refractivity contribution in [3.63, 3.8) is 0 Å². The Morgan fingerprint density at radius 3 is 2.34 bits per heavy atom. The third-order valence-electron chi connectivity index (χ3n) is 7.13. The third-order valence-corrected chi connectivity index (χ3v) is 7.13. The van der Waals surface area contributed by atoms with Crippen molar-refractivity contribution in [1.82, 2.24) is 4.90 Å². The summed E-state index contributed by atoms with van der Waals surface area (Å²) < 4.78 is 0. The van der Waals surface area contributed by atoms with Gasteiger partial charge >= 0.3 is 0 Å². The topological polar surface area (TPSA) is 37.4 Å². The lowest BCUT2D eigenvalue weighted by atomic mass is 9.72. The Morgan fingerprint density at radius 1 is 1.00 bits per heavy atom. The molecule has 2 aliphatic rings. The van der Waals surface area contributed by atoms with Crippen molar-refractivity contribution in [3.8, 4) is 0 Å². The maximum atomic E-state index is 12.6. The molecule has 2 amide bonds. The lowest BCUT2D eigenvalue weighted by Crippen LogP contribution is -2.31. The highest BCUT2D eigenvalue weighted by Crippen LogP contribution is 2.41. The SMILES string of the molecule is CC1=C(C=Cc2cccc(C(C)CCN3C(=O)c4ccccc4C3=O)c2)C(C)(C)CCC1. The van der Waals surface area contributed by atoms with E-state index in [-0.39, 0.29) is 23.1 Å². The molecule has 1 aliphatic carbocycles. The molecule has 1 aliphatic heterocycles. The molecule has 0 spiro atoms. The molecule has 3 nitrogen and oxygen atoms in total. The van der Waals surface area contributed by atoms with Crippen LogP contribution in [-0.4, -0.2) is 23.3 Å². The summed E-state index contributed by atoms with van der Waals surface area (Å²) in [6.45, 7) is 9.55. The van der Waals surface area contributed by atoms with Gasteiger partial charge in [-0.1, -0.05) is 74.9 Å². The quantitative estimate of drug-likeness (QED) is 0.465. The summed E-state index contributed by atoms with van der Waals surface area (Å²) in [5.41, 5.74) is 6.67. The summed E-state index contributed by atoms with van der Waals surface area (Å²) in [5, 5.41) is 0. The first kappa shape index (κ1) is 22.3. The molecule has 0 N–H and O–H groups in total. The summed E-state index contributed by atoms with van der Waals surface area (Å²) in [7, 11) is 0. The molecule has 0 aromatic heterocycles. The molecule has 4 rings (SSSR count). The van der Waals surface area contributed by atoms with Crippen molar-refractivity contribution in [2.45, 2.75) is 59.3 Å². The van der Waals surface area contributed by atoms with Crippen LogP contribution in [0.25, 0.3) is 6.08 Å². The number of allylic oxidation sites excluding steroid dienone is 3. The number of imide groups is 1. The molecule has 2 aromatic rings. The highest BCUT2D eigenvalue weighted by molar-refractivity contribution is 6.21. The monoisotopic (exact) mass is 427 g/mol. The Kier molecular flexibility index (Phi) is 6.19. The molecule has 0 fully saturated rings. The fourth-order valence-electron chi connectivity index (χ4n) is 5.09. The fraction of sp³-hybridized carbons (Fsp3) is 0.379. The van der Waals surface area contributed by atoms with Crippen molar-refractivity contribution in [3.05, 3.63) is 88.0 Å². The highest BCUT2D eigenvalue weighted by Gasteiger charge is 2.34. The Balaban J connectivity index is 1.44. The van der Waals surface area contributed by atoms with Gasteiger partial charge in [0.25, 0.3) is 11.8 Å². The molecule has 0 bridgehead atoms. The number of hydrogen-bond donors (Lipinski definition) is 0. The molecule has 1 heterocycles. The van der Waals surface area contributed by atoms with Crippen molar-refractivity contribution in [1.29, 1.82) is 0 Å². The van der Waals surface area contributed by atoms with Crippen LogP contribution in [0.15, 0.2) is 65.8 Å². The minimum Gasteiger partial charge on any atom is -0.274 e. The zero-order valence-electron chi connectivity index (χ0n) is 19.7. The average Bonchev–Trinajstić information content (AvgIpc) is 3.01. The molecule has 2 aromatic carbocycles. The van der Waals surface area contributed by atoms with Gasteiger partial charge in [0.1, 0.15) is 0 Å². The van der Waals surface area contributed by atoms with E-state index >= 15 is 0 Å². The van der Waals surface area contributed by atoms with E-state index in [0.29, 0.717) is 17.7 Å². The van der Waals surface area contributed by atoms with Crippen LogP contribution in [0.1, 0.15) is 91.1 Å². The lowest BCUT2D eigenvalue weighted by Gasteiger charge is -2.32. The summed E-state index contributed by atoms with van der Waals surface area (Å²) in [6, 6.07) is 15.7. The Bertz CT molecular complexity index is 1070. The predicted molar refractivity (Wildman–Crippen MR) is 131 cm³/mol. The average molecular weight is 428 g/mol. The second kappa shape index (κ2) is 8.90. The van der Waals surface area contributed by atoms with Gasteiger partial charge in [0.2, 0.25) is 0 Å². The van der Waals surface area contributed by atoms with Crippen molar-refractivity contribution in [2.24, 2.45) is 5.41 Å². The number of fused-ring (bicyclic) bond motifs is 1. The molecule has 166 valence electrons. The van der Waals surface area contributed by atoms with Gasteiger partial charge in [-0.25, -0.2) is 0 Å². The number of rotatable bonds is 6. The second-order valence-corrected chi connectivity index (χ2v) is 9.93. The first-order chi connectivity index (χ1) is 15.3. The van der Waals surface area contributed by atoms with E-state index in [9.17, 15) is 9.59 Å². The molecule has 3 heteroatoms. The van der Waals surface area contributed by atoms with E-state index in [0.717, 1.165) is 6.42 Å². The van der Waals surface area contributed by atoms with Gasteiger partial charge in [-0.05, 0) is 72.8 Å². The fourth-order valence-corrected chi connectivity index (χ4v) is 5.09. The number of carbonyl (C=O) groups excluding carboxylic acids is 2. The molecular formula is C29H33NO2. The zero-order valence-corrected chi connectivity index (χ0v) is 19.7. The van der Waals surface area contributed by atoms with Gasteiger partial charge in [0.05, 0.1) is 11.1 Å². The number of benzene rings is 2. The van der Waals surface area contributed by atoms with Crippen LogP contribution in [-0.2, 0) is 0 Å².